The second kappa shape index (κ2) is 6.96. The number of hydrogen-bond acceptors (Lipinski definition) is 3. The molecule has 21 heavy (non-hydrogen) atoms. The van der Waals surface area contributed by atoms with Crippen molar-refractivity contribution in [1.82, 2.24) is 15.1 Å². The molecule has 0 radical (unpaired) electrons. The third-order valence-corrected chi connectivity index (χ3v) is 3.66. The first-order chi connectivity index (χ1) is 10.1. The van der Waals surface area contributed by atoms with E-state index in [4.69, 9.17) is 16.3 Å². The number of rotatable bonds is 6. The van der Waals surface area contributed by atoms with Crippen molar-refractivity contribution in [2.24, 2.45) is 0 Å². The minimum absolute atomic E-state index is 0.0647. The van der Waals surface area contributed by atoms with Gasteiger partial charge in [0.1, 0.15) is 5.75 Å². The largest absolute Gasteiger partial charge is 0.494 e. The van der Waals surface area contributed by atoms with Crippen LogP contribution in [-0.4, -0.2) is 23.4 Å². The third kappa shape index (κ3) is 3.22. The minimum atomic E-state index is -0.0647. The van der Waals surface area contributed by atoms with Crippen molar-refractivity contribution >= 4 is 11.6 Å². The van der Waals surface area contributed by atoms with Crippen LogP contribution in [0.3, 0.4) is 0 Å². The molecule has 0 aliphatic rings. The van der Waals surface area contributed by atoms with Crippen LogP contribution < -0.4 is 10.1 Å². The standard InChI is InChI=1S/C16H22ClN3O/c1-5-21-14-9-7-6-8-12(14)15(18-4)16-13(17)10-19-20(16)11(2)3/h6-11,15,18H,5H2,1-4H3. The van der Waals surface area contributed by atoms with E-state index >= 15 is 0 Å². The average Bonchev–Trinajstić information content (AvgIpc) is 2.84. The van der Waals surface area contributed by atoms with Gasteiger partial charge in [0.15, 0.2) is 0 Å². The molecule has 1 aromatic heterocycles. The fraction of sp³-hybridized carbons (Fsp3) is 0.438. The van der Waals surface area contributed by atoms with Gasteiger partial charge in [-0.05, 0) is 33.9 Å². The van der Waals surface area contributed by atoms with E-state index in [1.807, 2.05) is 36.9 Å². The summed E-state index contributed by atoms with van der Waals surface area (Å²) in [5.41, 5.74) is 2.02. The van der Waals surface area contributed by atoms with Crippen molar-refractivity contribution < 1.29 is 4.74 Å². The number of hydrogen-bond donors (Lipinski definition) is 1. The highest BCUT2D eigenvalue weighted by atomic mass is 35.5. The van der Waals surface area contributed by atoms with E-state index in [-0.39, 0.29) is 12.1 Å². The van der Waals surface area contributed by atoms with Gasteiger partial charge in [-0.1, -0.05) is 29.8 Å². The number of nitrogens with one attached hydrogen (secondary N) is 1. The van der Waals surface area contributed by atoms with Gasteiger partial charge < -0.3 is 10.1 Å². The van der Waals surface area contributed by atoms with Gasteiger partial charge in [-0.3, -0.25) is 4.68 Å². The lowest BCUT2D eigenvalue weighted by atomic mass is 10.0. The summed E-state index contributed by atoms with van der Waals surface area (Å²) in [6.45, 7) is 6.79. The van der Waals surface area contributed by atoms with Crippen LogP contribution in [0.1, 0.15) is 44.1 Å². The summed E-state index contributed by atoms with van der Waals surface area (Å²) in [4.78, 5) is 0. The van der Waals surface area contributed by atoms with E-state index in [0.29, 0.717) is 11.6 Å². The van der Waals surface area contributed by atoms with Crippen LogP contribution in [0.2, 0.25) is 5.02 Å². The van der Waals surface area contributed by atoms with Crippen LogP contribution in [0.25, 0.3) is 0 Å². The van der Waals surface area contributed by atoms with Crippen molar-refractivity contribution in [3.8, 4) is 5.75 Å². The molecular weight excluding hydrogens is 286 g/mol. The van der Waals surface area contributed by atoms with Crippen LogP contribution in [-0.2, 0) is 0 Å². The molecule has 0 spiro atoms. The molecule has 1 aromatic carbocycles. The van der Waals surface area contributed by atoms with Crippen molar-refractivity contribution in [1.29, 1.82) is 0 Å². The van der Waals surface area contributed by atoms with Crippen molar-refractivity contribution in [2.75, 3.05) is 13.7 Å². The second-order valence-electron chi connectivity index (χ2n) is 5.11. The Balaban J connectivity index is 2.53. The molecule has 0 saturated heterocycles. The monoisotopic (exact) mass is 307 g/mol. The fourth-order valence-corrected chi connectivity index (χ4v) is 2.72. The highest BCUT2D eigenvalue weighted by Crippen LogP contribution is 2.34. The molecule has 1 atom stereocenters. The molecule has 0 aliphatic heterocycles. The summed E-state index contributed by atoms with van der Waals surface area (Å²) in [5.74, 6) is 0.868. The predicted molar refractivity (Wildman–Crippen MR) is 86.1 cm³/mol. The van der Waals surface area contributed by atoms with Crippen LogP contribution in [0.5, 0.6) is 5.75 Å². The summed E-state index contributed by atoms with van der Waals surface area (Å²) < 4.78 is 7.70. The van der Waals surface area contributed by atoms with Gasteiger partial charge in [0.25, 0.3) is 0 Å². The zero-order valence-electron chi connectivity index (χ0n) is 12.9. The molecular formula is C16H22ClN3O. The maximum Gasteiger partial charge on any atom is 0.124 e. The molecule has 1 N–H and O–H groups in total. The van der Waals surface area contributed by atoms with E-state index in [1.54, 1.807) is 6.20 Å². The van der Waals surface area contributed by atoms with Crippen LogP contribution in [0, 0.1) is 0 Å². The van der Waals surface area contributed by atoms with E-state index in [0.717, 1.165) is 17.0 Å². The Labute approximate surface area is 131 Å². The number of ether oxygens (including phenoxy) is 1. The van der Waals surface area contributed by atoms with Gasteiger partial charge >= 0.3 is 0 Å². The Kier molecular flexibility index (Phi) is 5.26. The fourth-order valence-electron chi connectivity index (χ4n) is 2.48. The first-order valence-electron chi connectivity index (χ1n) is 7.22. The smallest absolute Gasteiger partial charge is 0.124 e. The van der Waals surface area contributed by atoms with Gasteiger partial charge in [0.2, 0.25) is 0 Å². The molecule has 0 saturated carbocycles. The predicted octanol–water partition coefficient (Wildman–Crippen LogP) is 3.82. The highest BCUT2D eigenvalue weighted by molar-refractivity contribution is 6.31. The molecule has 0 bridgehead atoms. The lowest BCUT2D eigenvalue weighted by Gasteiger charge is -2.23. The van der Waals surface area contributed by atoms with Gasteiger partial charge in [-0.15, -0.1) is 0 Å². The number of para-hydroxylation sites is 1. The molecule has 4 nitrogen and oxygen atoms in total. The summed E-state index contributed by atoms with van der Waals surface area (Å²) in [5, 5.41) is 8.38. The Morgan fingerprint density at radius 3 is 2.67 bits per heavy atom. The number of benzene rings is 1. The van der Waals surface area contributed by atoms with E-state index in [9.17, 15) is 0 Å². The summed E-state index contributed by atoms with van der Waals surface area (Å²) in [6.07, 6.45) is 1.70. The molecule has 2 rings (SSSR count). The SMILES string of the molecule is CCOc1ccccc1C(NC)c1c(Cl)cnn1C(C)C. The first-order valence-corrected chi connectivity index (χ1v) is 7.59. The highest BCUT2D eigenvalue weighted by Gasteiger charge is 2.24. The third-order valence-electron chi connectivity index (χ3n) is 3.37. The Morgan fingerprint density at radius 2 is 2.05 bits per heavy atom. The lowest BCUT2D eigenvalue weighted by molar-refractivity contribution is 0.333. The zero-order chi connectivity index (χ0) is 15.4. The zero-order valence-corrected chi connectivity index (χ0v) is 13.7. The maximum absolute atomic E-state index is 6.38. The van der Waals surface area contributed by atoms with Gasteiger partial charge in [0.05, 0.1) is 29.6 Å². The quantitative estimate of drug-likeness (QED) is 0.881. The number of aromatic nitrogens is 2. The maximum atomic E-state index is 6.38. The molecule has 1 heterocycles. The molecule has 114 valence electrons. The van der Waals surface area contributed by atoms with Crippen LogP contribution in [0.4, 0.5) is 0 Å². The molecule has 0 amide bonds. The van der Waals surface area contributed by atoms with Crippen LogP contribution >= 0.6 is 11.6 Å². The second-order valence-corrected chi connectivity index (χ2v) is 5.52. The molecule has 1 unspecified atom stereocenters. The Bertz CT molecular complexity index is 595. The van der Waals surface area contributed by atoms with Gasteiger partial charge in [0, 0.05) is 11.6 Å². The molecule has 2 aromatic rings. The Hall–Kier alpha value is -1.52. The minimum Gasteiger partial charge on any atom is -0.494 e. The van der Waals surface area contributed by atoms with Crippen LogP contribution in [0.15, 0.2) is 30.5 Å². The van der Waals surface area contributed by atoms with E-state index in [2.05, 4.69) is 30.3 Å². The molecule has 5 heteroatoms. The Morgan fingerprint density at radius 1 is 1.33 bits per heavy atom. The van der Waals surface area contributed by atoms with Crippen molar-refractivity contribution in [3.05, 3.63) is 46.7 Å². The molecule has 0 aliphatic carbocycles. The lowest BCUT2D eigenvalue weighted by Crippen LogP contribution is -2.23. The number of halogens is 1. The van der Waals surface area contributed by atoms with E-state index < -0.39 is 0 Å². The normalized spacial score (nSPS) is 12.7. The van der Waals surface area contributed by atoms with Gasteiger partial charge in [-0.2, -0.15) is 5.10 Å². The van der Waals surface area contributed by atoms with Crippen molar-refractivity contribution in [3.63, 3.8) is 0 Å². The number of nitrogens with zero attached hydrogens (tertiary/aromatic N) is 2. The van der Waals surface area contributed by atoms with Crippen molar-refractivity contribution in [2.45, 2.75) is 32.9 Å². The topological polar surface area (TPSA) is 39.1 Å². The summed E-state index contributed by atoms with van der Waals surface area (Å²) >= 11 is 6.38. The summed E-state index contributed by atoms with van der Waals surface area (Å²) in [6, 6.07) is 8.19. The molecule has 0 fully saturated rings. The van der Waals surface area contributed by atoms with Gasteiger partial charge in [-0.25, -0.2) is 0 Å². The summed E-state index contributed by atoms with van der Waals surface area (Å²) in [7, 11) is 1.92. The van der Waals surface area contributed by atoms with E-state index in [1.165, 1.54) is 0 Å². The first kappa shape index (κ1) is 15.9. The average molecular weight is 308 g/mol.